The molecule has 0 atom stereocenters. The Morgan fingerprint density at radius 1 is 1.00 bits per heavy atom. The Labute approximate surface area is 158 Å². The summed E-state index contributed by atoms with van der Waals surface area (Å²) in [5.41, 5.74) is 2.02. The largest absolute Gasteiger partial charge is 0.355 e. The van der Waals surface area contributed by atoms with Gasteiger partial charge in [0.15, 0.2) is 11.5 Å². The van der Waals surface area contributed by atoms with E-state index in [2.05, 4.69) is 36.0 Å². The first-order valence-corrected chi connectivity index (χ1v) is 9.73. The van der Waals surface area contributed by atoms with Crippen molar-refractivity contribution in [2.75, 3.05) is 31.1 Å². The summed E-state index contributed by atoms with van der Waals surface area (Å²) < 4.78 is 1.96. The average Bonchev–Trinajstić information content (AvgIpc) is 3.06. The number of aryl methyl sites for hydroxylation is 1. The van der Waals surface area contributed by atoms with Gasteiger partial charge in [0, 0.05) is 43.5 Å². The molecule has 0 unspecified atom stereocenters. The first-order chi connectivity index (χ1) is 13.3. The number of nitrogens with zero attached hydrogens (tertiary/aromatic N) is 8. The number of likely N-dealkylation sites (tertiary alicyclic amines) is 1. The lowest BCUT2D eigenvalue weighted by atomic mass is 9.96. The molecule has 5 rings (SSSR count). The minimum atomic E-state index is 0.407. The second-order valence-corrected chi connectivity index (χ2v) is 7.55. The molecule has 0 aromatic carbocycles. The van der Waals surface area contributed by atoms with E-state index >= 15 is 0 Å². The number of aromatic nitrogens is 6. The van der Waals surface area contributed by atoms with Crippen LogP contribution in [0.1, 0.15) is 42.4 Å². The van der Waals surface area contributed by atoms with Gasteiger partial charge in [-0.1, -0.05) is 0 Å². The smallest absolute Gasteiger partial charge is 0.178 e. The van der Waals surface area contributed by atoms with Gasteiger partial charge < -0.3 is 4.90 Å². The van der Waals surface area contributed by atoms with Gasteiger partial charge in [0.25, 0.3) is 0 Å². The minimum absolute atomic E-state index is 0.407. The second kappa shape index (κ2) is 6.84. The summed E-state index contributed by atoms with van der Waals surface area (Å²) in [7, 11) is 0. The minimum Gasteiger partial charge on any atom is -0.355 e. The van der Waals surface area contributed by atoms with Gasteiger partial charge in [0.2, 0.25) is 0 Å². The molecule has 3 aromatic rings. The van der Waals surface area contributed by atoms with Crippen LogP contribution in [0, 0.1) is 6.92 Å². The molecule has 8 heteroatoms. The number of fused-ring (bicyclic) bond motifs is 1. The molecule has 2 saturated heterocycles. The molecule has 0 amide bonds. The zero-order valence-corrected chi connectivity index (χ0v) is 15.6. The third kappa shape index (κ3) is 3.25. The fourth-order valence-corrected chi connectivity index (χ4v) is 3.87. The summed E-state index contributed by atoms with van der Waals surface area (Å²) in [5.74, 6) is 3.27. The molecular weight excluding hydrogens is 340 g/mol. The number of hydrogen-bond donors (Lipinski definition) is 0. The van der Waals surface area contributed by atoms with Gasteiger partial charge in [0.1, 0.15) is 11.6 Å². The fourth-order valence-electron chi connectivity index (χ4n) is 3.87. The monoisotopic (exact) mass is 364 g/mol. The van der Waals surface area contributed by atoms with Crippen LogP contribution in [0.25, 0.3) is 5.65 Å². The van der Waals surface area contributed by atoms with Gasteiger partial charge in [0.05, 0.1) is 0 Å². The Kier molecular flexibility index (Phi) is 4.20. The fraction of sp³-hybridized carbons (Fsp3) is 0.526. The molecule has 0 aliphatic carbocycles. The summed E-state index contributed by atoms with van der Waals surface area (Å²) in [6.07, 6.45) is 7.26. The van der Waals surface area contributed by atoms with E-state index in [1.807, 2.05) is 29.9 Å². The van der Waals surface area contributed by atoms with Crippen LogP contribution in [0.5, 0.6) is 0 Å². The molecule has 8 nitrogen and oxygen atoms in total. The third-order valence-electron chi connectivity index (χ3n) is 5.65. The van der Waals surface area contributed by atoms with Gasteiger partial charge in [-0.2, -0.15) is 4.52 Å². The highest BCUT2D eigenvalue weighted by Crippen LogP contribution is 2.28. The van der Waals surface area contributed by atoms with Crippen LogP contribution in [-0.4, -0.2) is 60.9 Å². The van der Waals surface area contributed by atoms with E-state index in [1.165, 1.54) is 12.0 Å². The SMILES string of the molecule is Cc1ncc(CN2CCC(c3nnc4ccc(N5CCC5)nn34)CC2)cn1. The quantitative estimate of drug-likeness (QED) is 0.699. The molecule has 3 aromatic heterocycles. The maximum absolute atomic E-state index is 4.81. The van der Waals surface area contributed by atoms with Crippen LogP contribution in [0.4, 0.5) is 5.82 Å². The van der Waals surface area contributed by atoms with Crippen LogP contribution in [0.2, 0.25) is 0 Å². The molecule has 0 N–H and O–H groups in total. The summed E-state index contributed by atoms with van der Waals surface area (Å²) in [6.45, 7) is 7.09. The highest BCUT2D eigenvalue weighted by atomic mass is 15.4. The highest BCUT2D eigenvalue weighted by Gasteiger charge is 2.26. The number of hydrogen-bond acceptors (Lipinski definition) is 7. The Bertz CT molecular complexity index is 923. The zero-order valence-electron chi connectivity index (χ0n) is 15.6. The van der Waals surface area contributed by atoms with Crippen LogP contribution in [0.15, 0.2) is 24.5 Å². The van der Waals surface area contributed by atoms with E-state index in [4.69, 9.17) is 5.10 Å². The van der Waals surface area contributed by atoms with Crippen LogP contribution in [0.3, 0.4) is 0 Å². The summed E-state index contributed by atoms with van der Waals surface area (Å²) in [4.78, 5) is 13.4. The second-order valence-electron chi connectivity index (χ2n) is 7.55. The van der Waals surface area contributed by atoms with E-state index in [-0.39, 0.29) is 0 Å². The standard InChI is InChI=1S/C19H24N8/c1-14-20-11-15(12-21-14)13-25-9-5-16(6-10-25)19-23-22-17-3-4-18(24-27(17)19)26-7-2-8-26/h3-4,11-12,16H,2,5-10,13H2,1H3. The summed E-state index contributed by atoms with van der Waals surface area (Å²) in [5, 5.41) is 13.6. The molecule has 2 fully saturated rings. The molecule has 2 aliphatic heterocycles. The van der Waals surface area contributed by atoms with Crippen LogP contribution >= 0.6 is 0 Å². The van der Waals surface area contributed by atoms with Crippen molar-refractivity contribution in [3.05, 3.63) is 41.7 Å². The van der Waals surface area contributed by atoms with E-state index in [1.54, 1.807) is 0 Å². The highest BCUT2D eigenvalue weighted by molar-refractivity contribution is 5.47. The van der Waals surface area contributed by atoms with Gasteiger partial charge in [-0.3, -0.25) is 4.90 Å². The van der Waals surface area contributed by atoms with Gasteiger partial charge in [-0.15, -0.1) is 15.3 Å². The first-order valence-electron chi connectivity index (χ1n) is 9.73. The predicted octanol–water partition coefficient (Wildman–Crippen LogP) is 1.81. The molecule has 0 saturated carbocycles. The number of piperidine rings is 1. The first kappa shape index (κ1) is 16.6. The van der Waals surface area contributed by atoms with Crippen molar-refractivity contribution < 1.29 is 0 Å². The van der Waals surface area contributed by atoms with Gasteiger partial charge in [-0.05, 0) is 51.4 Å². The van der Waals surface area contributed by atoms with Gasteiger partial charge in [-0.25, -0.2) is 9.97 Å². The Morgan fingerprint density at radius 3 is 2.48 bits per heavy atom. The molecule has 5 heterocycles. The summed E-state index contributed by atoms with van der Waals surface area (Å²) >= 11 is 0. The van der Waals surface area contributed by atoms with E-state index in [0.717, 1.165) is 68.7 Å². The van der Waals surface area contributed by atoms with Crippen molar-refractivity contribution in [3.63, 3.8) is 0 Å². The molecule has 0 bridgehead atoms. The van der Waals surface area contributed by atoms with Crippen molar-refractivity contribution in [2.24, 2.45) is 0 Å². The van der Waals surface area contributed by atoms with Crippen molar-refractivity contribution in [1.82, 2.24) is 34.7 Å². The van der Waals surface area contributed by atoms with E-state index in [0.29, 0.717) is 5.92 Å². The maximum Gasteiger partial charge on any atom is 0.178 e. The van der Waals surface area contributed by atoms with Gasteiger partial charge >= 0.3 is 0 Å². The Balaban J connectivity index is 1.28. The lowest BCUT2D eigenvalue weighted by molar-refractivity contribution is 0.200. The lowest BCUT2D eigenvalue weighted by Crippen LogP contribution is -2.38. The molecule has 27 heavy (non-hydrogen) atoms. The maximum atomic E-state index is 4.81. The molecular formula is C19H24N8. The molecule has 0 radical (unpaired) electrons. The van der Waals surface area contributed by atoms with Crippen molar-refractivity contribution in [2.45, 2.75) is 38.6 Å². The molecule has 0 spiro atoms. The van der Waals surface area contributed by atoms with Crippen molar-refractivity contribution in [3.8, 4) is 0 Å². The van der Waals surface area contributed by atoms with Crippen molar-refractivity contribution in [1.29, 1.82) is 0 Å². The molecule has 2 aliphatic rings. The average molecular weight is 364 g/mol. The van der Waals surface area contributed by atoms with Crippen LogP contribution < -0.4 is 4.90 Å². The predicted molar refractivity (Wildman–Crippen MR) is 102 cm³/mol. The van der Waals surface area contributed by atoms with E-state index in [9.17, 15) is 0 Å². The number of anilines is 1. The Morgan fingerprint density at radius 2 is 1.78 bits per heavy atom. The topological polar surface area (TPSA) is 75.3 Å². The summed E-state index contributed by atoms with van der Waals surface area (Å²) in [6, 6.07) is 4.09. The van der Waals surface area contributed by atoms with Crippen LogP contribution in [-0.2, 0) is 6.54 Å². The number of rotatable bonds is 4. The van der Waals surface area contributed by atoms with E-state index < -0.39 is 0 Å². The molecule has 140 valence electrons. The normalized spacial score (nSPS) is 18.8. The lowest BCUT2D eigenvalue weighted by Gasteiger charge is -2.32. The van der Waals surface area contributed by atoms with Crippen molar-refractivity contribution >= 4 is 11.5 Å². The zero-order chi connectivity index (χ0) is 18.2. The third-order valence-corrected chi connectivity index (χ3v) is 5.65. The Hall–Kier alpha value is -2.61.